The summed E-state index contributed by atoms with van der Waals surface area (Å²) in [5.41, 5.74) is 0. The van der Waals surface area contributed by atoms with Gasteiger partial charge in [0.1, 0.15) is 5.82 Å². The molecule has 3 heterocycles. The maximum absolute atomic E-state index is 12.7. The van der Waals surface area contributed by atoms with Crippen molar-refractivity contribution in [2.45, 2.75) is 19.1 Å². The van der Waals surface area contributed by atoms with Gasteiger partial charge in [0, 0.05) is 57.7 Å². The van der Waals surface area contributed by atoms with E-state index in [1.807, 2.05) is 0 Å². The van der Waals surface area contributed by atoms with Gasteiger partial charge in [-0.15, -0.1) is 0 Å². The first kappa shape index (κ1) is 13.0. The summed E-state index contributed by atoms with van der Waals surface area (Å²) in [6.07, 6.45) is 2.79. The number of halogens is 2. The Balaban J connectivity index is 1.52. The second kappa shape index (κ2) is 5.52. The van der Waals surface area contributed by atoms with Crippen molar-refractivity contribution in [1.82, 2.24) is 24.7 Å². The molecule has 3 rings (SSSR count). The molecule has 1 N–H and O–H groups in total. The molecule has 2 saturated heterocycles. The van der Waals surface area contributed by atoms with Crippen LogP contribution >= 0.6 is 0 Å². The molecular formula is C12H19F2N5. The average molecular weight is 271 g/mol. The molecule has 1 aromatic heterocycles. The number of alkyl halides is 2. The van der Waals surface area contributed by atoms with E-state index in [0.29, 0.717) is 18.4 Å². The van der Waals surface area contributed by atoms with Gasteiger partial charge in [0.25, 0.3) is 0 Å². The Bertz CT molecular complexity index is 410. The van der Waals surface area contributed by atoms with Gasteiger partial charge in [0.05, 0.1) is 6.54 Å². The molecule has 0 amide bonds. The number of piperazine rings is 1. The zero-order valence-corrected chi connectivity index (χ0v) is 10.8. The Kier molecular flexibility index (Phi) is 3.76. The fourth-order valence-electron chi connectivity index (χ4n) is 2.66. The third kappa shape index (κ3) is 2.77. The molecule has 0 atom stereocenters. The van der Waals surface area contributed by atoms with Crippen molar-refractivity contribution >= 4 is 0 Å². The quantitative estimate of drug-likeness (QED) is 0.858. The lowest BCUT2D eigenvalue weighted by molar-refractivity contribution is 0.0518. The molecule has 0 spiro atoms. The summed E-state index contributed by atoms with van der Waals surface area (Å²) in [6, 6.07) is 0.671. The lowest BCUT2D eigenvalue weighted by Gasteiger charge is -2.43. The molecule has 0 radical (unpaired) electrons. The zero-order chi connectivity index (χ0) is 13.2. The molecule has 2 aliphatic heterocycles. The fourth-order valence-corrected chi connectivity index (χ4v) is 2.66. The van der Waals surface area contributed by atoms with E-state index < -0.39 is 6.55 Å². The largest absolute Gasteiger partial charge is 0.319 e. The van der Waals surface area contributed by atoms with E-state index in [0.717, 1.165) is 43.8 Å². The Morgan fingerprint density at radius 1 is 1.26 bits per heavy atom. The van der Waals surface area contributed by atoms with Gasteiger partial charge < -0.3 is 5.32 Å². The average Bonchev–Trinajstić information content (AvgIpc) is 2.77. The summed E-state index contributed by atoms with van der Waals surface area (Å²) < 4.78 is 26.4. The molecular weight excluding hydrogens is 252 g/mol. The molecule has 1 aromatic rings. The normalized spacial score (nSPS) is 22.9. The van der Waals surface area contributed by atoms with Gasteiger partial charge in [-0.3, -0.25) is 14.4 Å². The van der Waals surface area contributed by atoms with Gasteiger partial charge in [-0.05, 0) is 0 Å². The standard InChI is InChI=1S/C12H19F2N5/c13-12(14)19-2-1-16-11(19)9-17-3-5-18(6-4-17)10-7-15-8-10/h1-2,10,12,15H,3-9H2. The van der Waals surface area contributed by atoms with Gasteiger partial charge in [-0.25, -0.2) is 4.98 Å². The van der Waals surface area contributed by atoms with Crippen LogP contribution in [0.5, 0.6) is 0 Å². The summed E-state index contributed by atoms with van der Waals surface area (Å²) in [6.45, 7) is 4.04. The second-order valence-corrected chi connectivity index (χ2v) is 5.15. The van der Waals surface area contributed by atoms with Crippen LogP contribution < -0.4 is 5.32 Å². The molecule has 106 valence electrons. The van der Waals surface area contributed by atoms with E-state index in [-0.39, 0.29) is 0 Å². The lowest BCUT2D eigenvalue weighted by Crippen LogP contribution is -2.61. The van der Waals surface area contributed by atoms with Crippen molar-refractivity contribution in [3.05, 3.63) is 18.2 Å². The van der Waals surface area contributed by atoms with Gasteiger partial charge in [0.2, 0.25) is 0 Å². The predicted octanol–water partition coefficient (Wildman–Crippen LogP) is 0.368. The Hall–Kier alpha value is -1.05. The maximum Gasteiger partial charge on any atom is 0.319 e. The van der Waals surface area contributed by atoms with E-state index in [2.05, 4.69) is 20.1 Å². The van der Waals surface area contributed by atoms with Crippen LogP contribution in [0.25, 0.3) is 0 Å². The minimum atomic E-state index is -2.50. The highest BCUT2D eigenvalue weighted by Gasteiger charge is 2.28. The number of nitrogens with zero attached hydrogens (tertiary/aromatic N) is 4. The van der Waals surface area contributed by atoms with Gasteiger partial charge in [-0.1, -0.05) is 0 Å². The monoisotopic (exact) mass is 271 g/mol. The minimum absolute atomic E-state index is 0.453. The highest BCUT2D eigenvalue weighted by molar-refractivity contribution is 4.94. The Labute approximate surface area is 111 Å². The molecule has 7 heteroatoms. The molecule has 0 unspecified atom stereocenters. The highest BCUT2D eigenvalue weighted by atomic mass is 19.3. The topological polar surface area (TPSA) is 36.3 Å². The van der Waals surface area contributed by atoms with Crippen molar-refractivity contribution in [2.75, 3.05) is 39.3 Å². The number of nitrogens with one attached hydrogen (secondary N) is 1. The molecule has 0 aromatic carbocycles. The van der Waals surface area contributed by atoms with Crippen molar-refractivity contribution < 1.29 is 8.78 Å². The molecule has 19 heavy (non-hydrogen) atoms. The Morgan fingerprint density at radius 2 is 2.00 bits per heavy atom. The smallest absolute Gasteiger partial charge is 0.314 e. The number of rotatable bonds is 4. The highest BCUT2D eigenvalue weighted by Crippen LogP contribution is 2.16. The van der Waals surface area contributed by atoms with Crippen molar-refractivity contribution in [3.8, 4) is 0 Å². The third-order valence-corrected chi connectivity index (χ3v) is 4.01. The van der Waals surface area contributed by atoms with Gasteiger partial charge in [-0.2, -0.15) is 8.78 Å². The summed E-state index contributed by atoms with van der Waals surface area (Å²) >= 11 is 0. The Morgan fingerprint density at radius 3 is 2.58 bits per heavy atom. The number of aromatic nitrogens is 2. The van der Waals surface area contributed by atoms with Gasteiger partial charge in [0.15, 0.2) is 0 Å². The minimum Gasteiger partial charge on any atom is -0.314 e. The number of hydrogen-bond acceptors (Lipinski definition) is 4. The molecule has 5 nitrogen and oxygen atoms in total. The predicted molar refractivity (Wildman–Crippen MR) is 67.0 cm³/mol. The molecule has 0 bridgehead atoms. The molecule has 2 fully saturated rings. The fraction of sp³-hybridized carbons (Fsp3) is 0.750. The van der Waals surface area contributed by atoms with E-state index >= 15 is 0 Å². The lowest BCUT2D eigenvalue weighted by atomic mass is 10.1. The summed E-state index contributed by atoms with van der Waals surface area (Å²) in [5.74, 6) is 0.453. The van der Waals surface area contributed by atoms with Crippen LogP contribution in [-0.2, 0) is 6.54 Å². The molecule has 0 saturated carbocycles. The SMILES string of the molecule is FC(F)n1ccnc1CN1CCN(C2CNC2)CC1. The molecule has 0 aliphatic carbocycles. The first-order valence-electron chi connectivity index (χ1n) is 6.71. The van der Waals surface area contributed by atoms with E-state index in [1.165, 1.54) is 12.4 Å². The first-order valence-corrected chi connectivity index (χ1v) is 6.71. The van der Waals surface area contributed by atoms with Crippen LogP contribution in [0.4, 0.5) is 8.78 Å². The molecule has 2 aliphatic rings. The number of imidazole rings is 1. The summed E-state index contributed by atoms with van der Waals surface area (Å²) in [4.78, 5) is 8.71. The zero-order valence-electron chi connectivity index (χ0n) is 10.8. The van der Waals surface area contributed by atoms with Crippen molar-refractivity contribution in [3.63, 3.8) is 0 Å². The van der Waals surface area contributed by atoms with E-state index in [4.69, 9.17) is 0 Å². The van der Waals surface area contributed by atoms with Crippen molar-refractivity contribution in [1.29, 1.82) is 0 Å². The summed E-state index contributed by atoms with van der Waals surface area (Å²) in [7, 11) is 0. The van der Waals surface area contributed by atoms with Crippen LogP contribution in [0, 0.1) is 0 Å². The summed E-state index contributed by atoms with van der Waals surface area (Å²) in [5, 5.41) is 3.27. The third-order valence-electron chi connectivity index (χ3n) is 4.01. The van der Waals surface area contributed by atoms with E-state index in [9.17, 15) is 8.78 Å². The van der Waals surface area contributed by atoms with Gasteiger partial charge >= 0.3 is 6.55 Å². The number of hydrogen-bond donors (Lipinski definition) is 1. The second-order valence-electron chi connectivity index (χ2n) is 5.15. The van der Waals surface area contributed by atoms with E-state index in [1.54, 1.807) is 0 Å². The van der Waals surface area contributed by atoms with Crippen LogP contribution in [-0.4, -0.2) is 64.7 Å². The first-order chi connectivity index (χ1) is 9.24. The van der Waals surface area contributed by atoms with Crippen LogP contribution in [0.15, 0.2) is 12.4 Å². The van der Waals surface area contributed by atoms with Crippen LogP contribution in [0.2, 0.25) is 0 Å². The maximum atomic E-state index is 12.7. The van der Waals surface area contributed by atoms with Crippen molar-refractivity contribution in [2.24, 2.45) is 0 Å². The van der Waals surface area contributed by atoms with Crippen LogP contribution in [0.1, 0.15) is 12.4 Å². The van der Waals surface area contributed by atoms with Crippen LogP contribution in [0.3, 0.4) is 0 Å².